The summed E-state index contributed by atoms with van der Waals surface area (Å²) in [7, 11) is 0. The summed E-state index contributed by atoms with van der Waals surface area (Å²) in [6, 6.07) is 5.63. The Bertz CT molecular complexity index is 564. The molecular formula is C15H19F3N2O4. The summed E-state index contributed by atoms with van der Waals surface area (Å²) in [5.41, 5.74) is 0.780. The lowest BCUT2D eigenvalue weighted by Crippen LogP contribution is -2.39. The third-order valence-electron chi connectivity index (χ3n) is 2.95. The van der Waals surface area contributed by atoms with Crippen molar-refractivity contribution < 1.29 is 32.6 Å². The summed E-state index contributed by atoms with van der Waals surface area (Å²) in [6.45, 7) is -0.859. The minimum atomic E-state index is -4.43. The van der Waals surface area contributed by atoms with Crippen LogP contribution in [0.5, 0.6) is 0 Å². The zero-order valence-corrected chi connectivity index (χ0v) is 13.1. The summed E-state index contributed by atoms with van der Waals surface area (Å²) in [5.74, 6) is -0.168. The van der Waals surface area contributed by atoms with E-state index in [1.54, 1.807) is 18.2 Å². The number of nitrogens with one attached hydrogen (secondary N) is 1. The summed E-state index contributed by atoms with van der Waals surface area (Å²) in [4.78, 5) is 24.5. The number of alkyl halides is 3. The molecule has 2 N–H and O–H groups in total. The lowest BCUT2D eigenvalue weighted by molar-refractivity contribution is -0.174. The van der Waals surface area contributed by atoms with Crippen molar-refractivity contribution in [3.05, 3.63) is 29.8 Å². The van der Waals surface area contributed by atoms with Gasteiger partial charge < -0.3 is 20.1 Å². The number of benzene rings is 1. The van der Waals surface area contributed by atoms with Gasteiger partial charge in [-0.2, -0.15) is 13.2 Å². The van der Waals surface area contributed by atoms with E-state index in [1.165, 1.54) is 13.0 Å². The molecule has 0 saturated carbocycles. The zero-order chi connectivity index (χ0) is 18.2. The molecule has 0 radical (unpaired) electrons. The van der Waals surface area contributed by atoms with Crippen molar-refractivity contribution >= 4 is 17.5 Å². The molecule has 0 saturated heterocycles. The normalized spacial score (nSPS) is 11.2. The number of urea groups is 1. The number of aliphatic hydroxyl groups is 1. The molecule has 6 nitrogen and oxygen atoms in total. The first kappa shape index (κ1) is 19.9. The largest absolute Gasteiger partial charge is 0.411 e. The Balaban J connectivity index is 2.59. The minimum Gasteiger partial charge on any atom is -0.395 e. The summed E-state index contributed by atoms with van der Waals surface area (Å²) in [5, 5.41) is 11.5. The van der Waals surface area contributed by atoms with Gasteiger partial charge in [0.1, 0.15) is 6.61 Å². The first-order valence-electron chi connectivity index (χ1n) is 7.15. The third-order valence-corrected chi connectivity index (χ3v) is 2.95. The van der Waals surface area contributed by atoms with Crippen LogP contribution in [0.4, 0.5) is 23.7 Å². The maximum atomic E-state index is 12.1. The quantitative estimate of drug-likeness (QED) is 0.558. The second-order valence-electron chi connectivity index (χ2n) is 4.95. The van der Waals surface area contributed by atoms with E-state index in [9.17, 15) is 22.8 Å². The molecule has 0 fully saturated rings. The van der Waals surface area contributed by atoms with E-state index < -0.39 is 18.8 Å². The first-order valence-corrected chi connectivity index (χ1v) is 7.15. The van der Waals surface area contributed by atoms with Crippen LogP contribution in [-0.4, -0.2) is 60.9 Å². The molecule has 1 aromatic carbocycles. The fraction of sp³-hybridized carbons (Fsp3) is 0.467. The second kappa shape index (κ2) is 9.24. The van der Waals surface area contributed by atoms with Gasteiger partial charge in [0.15, 0.2) is 5.78 Å². The molecule has 24 heavy (non-hydrogen) atoms. The number of carbonyl (C=O) groups excluding carboxylic acids is 2. The summed E-state index contributed by atoms with van der Waals surface area (Å²) >= 11 is 0. The number of Topliss-reactive ketones (excluding diaryl/α,β-unsaturated/α-hetero) is 1. The van der Waals surface area contributed by atoms with Crippen molar-refractivity contribution in [3.8, 4) is 0 Å². The van der Waals surface area contributed by atoms with Gasteiger partial charge in [-0.05, 0) is 19.1 Å². The number of ether oxygens (including phenoxy) is 1. The molecule has 0 aliphatic rings. The number of halogens is 3. The average Bonchev–Trinajstić information content (AvgIpc) is 2.49. The third kappa shape index (κ3) is 7.42. The molecular weight excluding hydrogens is 329 g/mol. The Morgan fingerprint density at radius 2 is 2.00 bits per heavy atom. The van der Waals surface area contributed by atoms with E-state index in [-0.39, 0.29) is 32.1 Å². The molecule has 0 aliphatic heterocycles. The molecule has 0 aliphatic carbocycles. The molecule has 2 amide bonds. The topological polar surface area (TPSA) is 78.9 Å². The number of carbonyl (C=O) groups is 2. The highest BCUT2D eigenvalue weighted by Crippen LogP contribution is 2.14. The highest BCUT2D eigenvalue weighted by Gasteiger charge is 2.27. The summed E-state index contributed by atoms with van der Waals surface area (Å²) in [6.07, 6.45) is -4.43. The van der Waals surface area contributed by atoms with E-state index in [2.05, 4.69) is 10.1 Å². The van der Waals surface area contributed by atoms with Gasteiger partial charge in [-0.25, -0.2) is 4.79 Å². The van der Waals surface area contributed by atoms with Gasteiger partial charge in [-0.1, -0.05) is 12.1 Å². The van der Waals surface area contributed by atoms with Crippen molar-refractivity contribution in [2.24, 2.45) is 0 Å². The molecule has 0 spiro atoms. The number of ketones is 1. The SMILES string of the molecule is CC(=O)c1cccc(NC(=O)N(CCO)CCOCC(F)(F)F)c1. The van der Waals surface area contributed by atoms with Crippen LogP contribution in [0.1, 0.15) is 17.3 Å². The molecule has 1 rings (SSSR count). The fourth-order valence-corrected chi connectivity index (χ4v) is 1.82. The number of rotatable bonds is 8. The van der Waals surface area contributed by atoms with Crippen LogP contribution in [0.25, 0.3) is 0 Å². The molecule has 0 aromatic heterocycles. The number of nitrogens with zero attached hydrogens (tertiary/aromatic N) is 1. The van der Waals surface area contributed by atoms with Crippen LogP contribution in [-0.2, 0) is 4.74 Å². The number of hydrogen-bond donors (Lipinski definition) is 2. The smallest absolute Gasteiger partial charge is 0.395 e. The standard InChI is InChI=1S/C15H19F3N2O4/c1-11(22)12-3-2-4-13(9-12)19-14(23)20(5-7-21)6-8-24-10-15(16,17)18/h2-4,9,21H,5-8,10H2,1H3,(H,19,23). The molecule has 0 bridgehead atoms. The Morgan fingerprint density at radius 3 is 2.58 bits per heavy atom. The van der Waals surface area contributed by atoms with Gasteiger partial charge in [0.2, 0.25) is 0 Å². The van der Waals surface area contributed by atoms with Gasteiger partial charge in [0.25, 0.3) is 0 Å². The molecule has 0 heterocycles. The van der Waals surface area contributed by atoms with Crippen molar-refractivity contribution in [1.82, 2.24) is 4.90 Å². The number of aliphatic hydroxyl groups excluding tert-OH is 1. The predicted octanol–water partition coefficient (Wildman–Crippen LogP) is 2.29. The molecule has 134 valence electrons. The van der Waals surface area contributed by atoms with Crippen molar-refractivity contribution in [1.29, 1.82) is 0 Å². The lowest BCUT2D eigenvalue weighted by Gasteiger charge is -2.22. The van der Waals surface area contributed by atoms with Gasteiger partial charge >= 0.3 is 12.2 Å². The monoisotopic (exact) mass is 348 g/mol. The number of anilines is 1. The van der Waals surface area contributed by atoms with Gasteiger partial charge in [0.05, 0.1) is 13.2 Å². The molecule has 1 aromatic rings. The molecule has 0 atom stereocenters. The highest BCUT2D eigenvalue weighted by atomic mass is 19.4. The van der Waals surface area contributed by atoms with E-state index >= 15 is 0 Å². The second-order valence-corrected chi connectivity index (χ2v) is 4.95. The zero-order valence-electron chi connectivity index (χ0n) is 13.1. The van der Waals surface area contributed by atoms with Gasteiger partial charge in [-0.3, -0.25) is 4.79 Å². The Kier molecular flexibility index (Phi) is 7.66. The van der Waals surface area contributed by atoms with Crippen LogP contribution in [0, 0.1) is 0 Å². The van der Waals surface area contributed by atoms with Gasteiger partial charge in [-0.15, -0.1) is 0 Å². The highest BCUT2D eigenvalue weighted by molar-refractivity contribution is 5.96. The maximum absolute atomic E-state index is 12.1. The van der Waals surface area contributed by atoms with Crippen LogP contribution in [0.2, 0.25) is 0 Å². The minimum absolute atomic E-state index is 0.0619. The van der Waals surface area contributed by atoms with E-state index in [0.717, 1.165) is 4.90 Å². The summed E-state index contributed by atoms with van der Waals surface area (Å²) < 4.78 is 40.4. The lowest BCUT2D eigenvalue weighted by atomic mass is 10.1. The van der Waals surface area contributed by atoms with Crippen LogP contribution >= 0.6 is 0 Å². The van der Waals surface area contributed by atoms with Crippen molar-refractivity contribution in [3.63, 3.8) is 0 Å². The van der Waals surface area contributed by atoms with Crippen molar-refractivity contribution in [2.45, 2.75) is 13.1 Å². The average molecular weight is 348 g/mol. The number of hydrogen-bond acceptors (Lipinski definition) is 4. The van der Waals surface area contributed by atoms with Crippen LogP contribution < -0.4 is 5.32 Å². The van der Waals surface area contributed by atoms with Crippen LogP contribution in [0.15, 0.2) is 24.3 Å². The maximum Gasteiger partial charge on any atom is 0.411 e. The van der Waals surface area contributed by atoms with Crippen LogP contribution in [0.3, 0.4) is 0 Å². The Hall–Kier alpha value is -2.13. The van der Waals surface area contributed by atoms with E-state index in [4.69, 9.17) is 5.11 Å². The first-order chi connectivity index (χ1) is 11.2. The Labute approximate surface area is 137 Å². The fourth-order valence-electron chi connectivity index (χ4n) is 1.82. The Morgan fingerprint density at radius 1 is 1.29 bits per heavy atom. The van der Waals surface area contributed by atoms with Crippen molar-refractivity contribution in [2.75, 3.05) is 38.2 Å². The van der Waals surface area contributed by atoms with E-state index in [1.807, 2.05) is 0 Å². The molecule has 0 unspecified atom stereocenters. The predicted molar refractivity (Wildman–Crippen MR) is 81.0 cm³/mol. The number of amides is 2. The van der Waals surface area contributed by atoms with E-state index in [0.29, 0.717) is 11.3 Å². The van der Waals surface area contributed by atoms with Gasteiger partial charge in [0, 0.05) is 24.3 Å². The molecule has 9 heteroatoms.